The standard InChI is InChI=1S/C53H75N3O16/c1-6-8-10-23-52(24-11-9-7-2)70-43-37-27-53(50(65)54-28-34-14-12-16-35(26-34)47(63)55-36(30-57)21-22-39(59)69-51(3,4)5)45(48(64)67-37)56(72-46(53)44(43)71-52)29-33-19-17-32(18-20-33)15-13-25-66-49-42(62)41(61)40(60)38(31-58)68-49/h12-20,26,36-38,40-46,49,57-58,60-62H,6-11,21-25,27-31H2,1-5H3,(H,54,65)(H,55,63). The minimum atomic E-state index is -1.55. The fourth-order valence-corrected chi connectivity index (χ4v) is 10.5. The van der Waals surface area contributed by atoms with Crippen LogP contribution < -0.4 is 10.6 Å². The van der Waals surface area contributed by atoms with Crippen molar-refractivity contribution in [1.29, 1.82) is 0 Å². The largest absolute Gasteiger partial charge is 0.460 e. The van der Waals surface area contributed by atoms with E-state index in [2.05, 4.69) is 24.5 Å². The molecule has 2 aromatic rings. The van der Waals surface area contributed by atoms with Crippen molar-refractivity contribution in [3.63, 3.8) is 0 Å². The van der Waals surface area contributed by atoms with Crippen molar-refractivity contribution in [3.05, 3.63) is 76.9 Å². The van der Waals surface area contributed by atoms with E-state index in [-0.39, 0.29) is 51.1 Å². The average molecular weight is 1010 g/mol. The number of amides is 2. The molecule has 4 heterocycles. The molecule has 12 atom stereocenters. The number of aliphatic hydroxyl groups is 5. The number of ether oxygens (including phenoxy) is 6. The van der Waals surface area contributed by atoms with Gasteiger partial charge in [0.05, 0.1) is 32.4 Å². The first-order valence-electron chi connectivity index (χ1n) is 25.6. The van der Waals surface area contributed by atoms with Crippen molar-refractivity contribution in [2.75, 3.05) is 19.8 Å². The van der Waals surface area contributed by atoms with Gasteiger partial charge < -0.3 is 64.6 Å². The summed E-state index contributed by atoms with van der Waals surface area (Å²) in [6.45, 7) is 8.72. The van der Waals surface area contributed by atoms with E-state index in [1.165, 1.54) is 5.06 Å². The van der Waals surface area contributed by atoms with Gasteiger partial charge in [-0.15, -0.1) is 0 Å². The topological polar surface area (TPSA) is 261 Å². The van der Waals surface area contributed by atoms with Crippen LogP contribution in [0.3, 0.4) is 0 Å². The van der Waals surface area contributed by atoms with Gasteiger partial charge in [0.1, 0.15) is 59.8 Å². The molecule has 7 rings (SSSR count). The number of hydrogen-bond acceptors (Lipinski definition) is 17. The van der Waals surface area contributed by atoms with Gasteiger partial charge in [0, 0.05) is 37.8 Å². The first-order chi connectivity index (χ1) is 34.4. The molecule has 4 saturated heterocycles. The van der Waals surface area contributed by atoms with Crippen molar-refractivity contribution in [3.8, 4) is 0 Å². The number of esters is 2. The van der Waals surface area contributed by atoms with Crippen LogP contribution in [0, 0.1) is 5.41 Å². The zero-order valence-electron chi connectivity index (χ0n) is 42.1. The van der Waals surface area contributed by atoms with E-state index in [0.29, 0.717) is 18.4 Å². The summed E-state index contributed by atoms with van der Waals surface area (Å²) in [5.41, 5.74) is 0.340. The van der Waals surface area contributed by atoms with Gasteiger partial charge in [-0.1, -0.05) is 88.1 Å². The van der Waals surface area contributed by atoms with Crippen LogP contribution in [0.2, 0.25) is 0 Å². The Kier molecular flexibility index (Phi) is 18.7. The Bertz CT molecular complexity index is 2170. The number of rotatable bonds is 24. The Morgan fingerprint density at radius 2 is 1.62 bits per heavy atom. The van der Waals surface area contributed by atoms with Crippen molar-refractivity contribution in [2.45, 2.75) is 197 Å². The van der Waals surface area contributed by atoms with E-state index in [1.54, 1.807) is 57.2 Å². The predicted octanol–water partition coefficient (Wildman–Crippen LogP) is 3.49. The maximum Gasteiger partial charge on any atom is 0.327 e. The molecule has 19 nitrogen and oxygen atoms in total. The normalized spacial score (nSPS) is 30.2. The molecule has 0 spiro atoms. The van der Waals surface area contributed by atoms with Gasteiger partial charge >= 0.3 is 11.9 Å². The minimum Gasteiger partial charge on any atom is -0.460 e. The quantitative estimate of drug-likeness (QED) is 0.0587. The number of hydroxylamine groups is 2. The Hall–Kier alpha value is -4.38. The number of nitrogens with one attached hydrogen (secondary N) is 2. The Morgan fingerprint density at radius 1 is 0.917 bits per heavy atom. The molecule has 5 aliphatic rings. The summed E-state index contributed by atoms with van der Waals surface area (Å²) in [6.07, 6.45) is 0.789. The van der Waals surface area contributed by atoms with Crippen LogP contribution in [-0.2, 0) is 60.7 Å². The zero-order chi connectivity index (χ0) is 51.8. The second-order valence-corrected chi connectivity index (χ2v) is 20.7. The fraction of sp³-hybridized carbons (Fsp3) is 0.660. The molecule has 1 saturated carbocycles. The van der Waals surface area contributed by atoms with Crippen LogP contribution in [-0.4, -0.2) is 153 Å². The highest BCUT2D eigenvalue weighted by Crippen LogP contribution is 2.58. The molecule has 398 valence electrons. The molecule has 0 aromatic heterocycles. The zero-order valence-corrected chi connectivity index (χ0v) is 42.1. The molecule has 2 bridgehead atoms. The number of nitrogens with zero attached hydrogens (tertiary/aromatic N) is 1. The van der Waals surface area contributed by atoms with Gasteiger partial charge in [-0.25, -0.2) is 0 Å². The van der Waals surface area contributed by atoms with Gasteiger partial charge in [-0.2, -0.15) is 5.06 Å². The summed E-state index contributed by atoms with van der Waals surface area (Å²) in [5.74, 6) is -2.88. The third-order valence-electron chi connectivity index (χ3n) is 14.1. The van der Waals surface area contributed by atoms with Crippen LogP contribution >= 0.6 is 0 Å². The van der Waals surface area contributed by atoms with Gasteiger partial charge in [0.2, 0.25) is 5.91 Å². The number of carbonyl (C=O) groups excluding carboxylic acids is 4. The lowest BCUT2D eigenvalue weighted by molar-refractivity contribution is -0.298. The predicted molar refractivity (Wildman–Crippen MR) is 259 cm³/mol. The Labute approximate surface area is 421 Å². The molecule has 7 N–H and O–H groups in total. The molecule has 19 heteroatoms. The van der Waals surface area contributed by atoms with Crippen LogP contribution in [0.1, 0.15) is 132 Å². The monoisotopic (exact) mass is 1010 g/mol. The molecule has 2 aromatic carbocycles. The number of fused-ring (bicyclic) bond motifs is 4. The van der Waals surface area contributed by atoms with E-state index in [0.717, 1.165) is 49.7 Å². The lowest BCUT2D eigenvalue weighted by Crippen LogP contribution is -2.69. The summed E-state index contributed by atoms with van der Waals surface area (Å²) in [4.78, 5) is 62.1. The Balaban J connectivity index is 1.08. The maximum atomic E-state index is 15.1. The smallest absolute Gasteiger partial charge is 0.327 e. The number of benzene rings is 2. The van der Waals surface area contributed by atoms with E-state index in [4.69, 9.17) is 33.3 Å². The average Bonchev–Trinajstić information content (AvgIpc) is 3.91. The van der Waals surface area contributed by atoms with Crippen LogP contribution in [0.15, 0.2) is 54.6 Å². The van der Waals surface area contributed by atoms with Crippen LogP contribution in [0.5, 0.6) is 0 Å². The molecular weight excluding hydrogens is 935 g/mol. The summed E-state index contributed by atoms with van der Waals surface area (Å²) in [7, 11) is 0. The highest BCUT2D eigenvalue weighted by Gasteiger charge is 2.76. The molecular formula is C53H75N3O16. The van der Waals surface area contributed by atoms with Gasteiger partial charge in [0.15, 0.2) is 18.1 Å². The van der Waals surface area contributed by atoms with Crippen molar-refractivity contribution < 1.29 is 78.0 Å². The third kappa shape index (κ3) is 12.7. The molecule has 5 fully saturated rings. The maximum absolute atomic E-state index is 15.1. The molecule has 12 unspecified atom stereocenters. The summed E-state index contributed by atoms with van der Waals surface area (Å²) >= 11 is 0. The third-order valence-corrected chi connectivity index (χ3v) is 14.1. The molecule has 4 aliphatic heterocycles. The van der Waals surface area contributed by atoms with Crippen molar-refractivity contribution in [2.24, 2.45) is 5.41 Å². The lowest BCUT2D eigenvalue weighted by atomic mass is 9.62. The van der Waals surface area contributed by atoms with Gasteiger partial charge in [0.25, 0.3) is 5.91 Å². The van der Waals surface area contributed by atoms with Crippen molar-refractivity contribution >= 4 is 29.8 Å². The highest BCUT2D eigenvalue weighted by molar-refractivity contribution is 5.95. The first kappa shape index (κ1) is 55.4. The summed E-state index contributed by atoms with van der Waals surface area (Å²) in [6, 6.07) is 12.3. The molecule has 0 radical (unpaired) electrons. The Morgan fingerprint density at radius 3 is 2.29 bits per heavy atom. The number of hydrogen-bond donors (Lipinski definition) is 7. The van der Waals surface area contributed by atoms with Gasteiger partial charge in [-0.3, -0.25) is 24.0 Å². The number of carbonyl (C=O) groups is 4. The highest BCUT2D eigenvalue weighted by atomic mass is 16.8. The van der Waals surface area contributed by atoms with E-state index in [1.807, 2.05) is 24.3 Å². The molecule has 72 heavy (non-hydrogen) atoms. The molecule has 1 aliphatic carbocycles. The first-order valence-corrected chi connectivity index (χ1v) is 25.6. The van der Waals surface area contributed by atoms with E-state index < -0.39 is 114 Å². The van der Waals surface area contributed by atoms with Crippen LogP contribution in [0.25, 0.3) is 6.08 Å². The second kappa shape index (κ2) is 24.3. The van der Waals surface area contributed by atoms with Gasteiger partial charge in [-0.05, 0) is 68.9 Å². The van der Waals surface area contributed by atoms with Crippen LogP contribution in [0.4, 0.5) is 0 Å². The SMILES string of the molecule is CCCCCC1(CCCCC)OC2C3CC4(C(=O)NCc5cccc(C(=O)NC(CO)CCC(=O)OC(C)(C)C)c5)C(ON(Cc5ccc(C=CCOC6OC(CO)C(O)C(O)C6O)cc5)C4C(=O)O3)C2O1. The fourth-order valence-electron chi connectivity index (χ4n) is 10.5. The number of unbranched alkanes of at least 4 members (excludes halogenated alkanes) is 4. The van der Waals surface area contributed by atoms with Crippen molar-refractivity contribution in [1.82, 2.24) is 15.7 Å². The minimum absolute atomic E-state index is 0.00716. The van der Waals surface area contributed by atoms with E-state index >= 15 is 4.79 Å². The summed E-state index contributed by atoms with van der Waals surface area (Å²) < 4.78 is 36.5. The number of aliphatic hydroxyl groups excluding tert-OH is 5. The molecule has 2 amide bonds. The summed E-state index contributed by atoms with van der Waals surface area (Å²) in [5, 5.41) is 57.4. The lowest BCUT2D eigenvalue weighted by Gasteiger charge is -2.48. The second-order valence-electron chi connectivity index (χ2n) is 20.7. The van der Waals surface area contributed by atoms with E-state index in [9.17, 15) is 39.9 Å².